The minimum absolute atomic E-state index is 0.0694. The van der Waals surface area contributed by atoms with Gasteiger partial charge in [0.05, 0.1) is 20.8 Å². The molecule has 0 amide bonds. The zero-order valence-corrected chi connectivity index (χ0v) is 16.3. The normalized spacial score (nSPS) is 10.7. The molecule has 0 unspecified atom stereocenters. The maximum atomic E-state index is 12.5. The molecular weight excluding hydrogens is 400 g/mol. The second-order valence-electron chi connectivity index (χ2n) is 5.44. The summed E-state index contributed by atoms with van der Waals surface area (Å²) in [5, 5.41) is 4.40. The number of hydrogen-bond donors (Lipinski definition) is 0. The van der Waals surface area contributed by atoms with Gasteiger partial charge in [0.2, 0.25) is 0 Å². The first kappa shape index (κ1) is 17.8. The molecule has 4 nitrogen and oxygen atoms in total. The van der Waals surface area contributed by atoms with Gasteiger partial charge in [0, 0.05) is 4.90 Å². The summed E-state index contributed by atoms with van der Waals surface area (Å²) in [6.07, 6.45) is 0. The zero-order chi connectivity index (χ0) is 17.8. The molecule has 0 N–H and O–H groups in total. The van der Waals surface area contributed by atoms with Crippen LogP contribution in [0.3, 0.4) is 0 Å². The number of ether oxygens (including phenoxy) is 1. The Kier molecular flexibility index (Phi) is 5.60. The van der Waals surface area contributed by atoms with E-state index in [-0.39, 0.29) is 12.5 Å². The average Bonchev–Trinajstić information content (AvgIpc) is 2.90. The van der Waals surface area contributed by atoms with Crippen molar-refractivity contribution in [3.05, 3.63) is 70.5 Å². The van der Waals surface area contributed by atoms with E-state index in [1.165, 1.54) is 4.68 Å². The van der Waals surface area contributed by atoms with Crippen LogP contribution in [0.1, 0.15) is 16.2 Å². The number of benzene rings is 2. The highest BCUT2D eigenvalue weighted by atomic mass is 79.9. The number of aryl methyl sites for hydroxylation is 1. The van der Waals surface area contributed by atoms with Gasteiger partial charge < -0.3 is 4.74 Å². The first-order chi connectivity index (χ1) is 12.1. The second kappa shape index (κ2) is 7.89. The van der Waals surface area contributed by atoms with Crippen molar-refractivity contribution in [1.29, 1.82) is 0 Å². The molecule has 25 heavy (non-hydrogen) atoms. The topological polar surface area (TPSA) is 44.1 Å². The third kappa shape index (κ3) is 4.14. The summed E-state index contributed by atoms with van der Waals surface area (Å²) >= 11 is 5.02. The molecule has 0 radical (unpaired) electrons. The molecule has 6 heteroatoms. The number of hydrogen-bond acceptors (Lipinski definition) is 4. The summed E-state index contributed by atoms with van der Waals surface area (Å²) in [7, 11) is 0. The van der Waals surface area contributed by atoms with E-state index in [9.17, 15) is 4.79 Å². The van der Waals surface area contributed by atoms with E-state index in [0.717, 1.165) is 25.7 Å². The highest BCUT2D eigenvalue weighted by molar-refractivity contribution is 9.10. The van der Waals surface area contributed by atoms with Crippen LogP contribution in [-0.2, 0) is 0 Å². The van der Waals surface area contributed by atoms with Crippen molar-refractivity contribution in [2.75, 3.05) is 6.61 Å². The number of carbonyl (C=O) groups excluding carboxylic acids is 1. The van der Waals surface area contributed by atoms with Gasteiger partial charge >= 0.3 is 0 Å². The maximum Gasteiger partial charge on any atom is 0.285 e. The van der Waals surface area contributed by atoms with Gasteiger partial charge in [0.25, 0.3) is 5.91 Å². The van der Waals surface area contributed by atoms with Crippen molar-refractivity contribution in [2.24, 2.45) is 0 Å². The van der Waals surface area contributed by atoms with E-state index in [0.29, 0.717) is 5.75 Å². The van der Waals surface area contributed by atoms with Gasteiger partial charge in [-0.3, -0.25) is 4.79 Å². The molecular formula is C19H17BrN2O2S. The lowest BCUT2D eigenvalue weighted by atomic mass is 10.3. The predicted octanol–water partition coefficient (Wildman–Crippen LogP) is 5.13. The molecule has 0 bridgehead atoms. The fourth-order valence-corrected chi connectivity index (χ4v) is 3.74. The predicted molar refractivity (Wildman–Crippen MR) is 103 cm³/mol. The Hall–Kier alpha value is -2.05. The zero-order valence-electron chi connectivity index (χ0n) is 13.9. The summed E-state index contributed by atoms with van der Waals surface area (Å²) in [5.41, 5.74) is 1.66. The van der Waals surface area contributed by atoms with E-state index in [4.69, 9.17) is 4.74 Å². The van der Waals surface area contributed by atoms with Crippen molar-refractivity contribution in [1.82, 2.24) is 9.78 Å². The van der Waals surface area contributed by atoms with Gasteiger partial charge in [0.1, 0.15) is 5.75 Å². The van der Waals surface area contributed by atoms with Gasteiger partial charge in [0.15, 0.2) is 6.61 Å². The smallest absolute Gasteiger partial charge is 0.285 e. The van der Waals surface area contributed by atoms with Gasteiger partial charge in [-0.1, -0.05) is 42.1 Å². The number of rotatable bonds is 5. The molecule has 2 aromatic carbocycles. The summed E-state index contributed by atoms with van der Waals surface area (Å²) in [6, 6.07) is 17.5. The standard InChI is InChI=1S/C19H17BrN2O2S/c1-13-19(25-15-8-4-3-5-9-15)14(2)22(21-13)18(23)12-24-17-11-7-6-10-16(17)20/h3-11H,12H2,1-2H3. The van der Waals surface area contributed by atoms with E-state index in [1.807, 2.05) is 68.4 Å². The SMILES string of the molecule is Cc1nn(C(=O)COc2ccccc2Br)c(C)c1Sc1ccccc1. The van der Waals surface area contributed by atoms with Crippen LogP contribution in [0.25, 0.3) is 0 Å². The molecule has 3 rings (SSSR count). The Morgan fingerprint density at radius 3 is 2.52 bits per heavy atom. The Morgan fingerprint density at radius 2 is 1.80 bits per heavy atom. The van der Waals surface area contributed by atoms with Crippen molar-refractivity contribution >= 4 is 33.6 Å². The number of halogens is 1. The Morgan fingerprint density at radius 1 is 1.12 bits per heavy atom. The van der Waals surface area contributed by atoms with E-state index in [1.54, 1.807) is 11.8 Å². The minimum atomic E-state index is -0.198. The molecule has 3 aromatic rings. The lowest BCUT2D eigenvalue weighted by Gasteiger charge is -2.08. The number of aromatic nitrogens is 2. The van der Waals surface area contributed by atoms with Crippen LogP contribution < -0.4 is 4.74 Å². The minimum Gasteiger partial charge on any atom is -0.483 e. The quantitative estimate of drug-likeness (QED) is 0.577. The van der Waals surface area contributed by atoms with Crippen LogP contribution in [0, 0.1) is 13.8 Å². The Balaban J connectivity index is 1.75. The molecule has 0 fully saturated rings. The fraction of sp³-hybridized carbons (Fsp3) is 0.158. The molecule has 0 aliphatic heterocycles. The van der Waals surface area contributed by atoms with Crippen LogP contribution in [0.5, 0.6) is 5.75 Å². The summed E-state index contributed by atoms with van der Waals surface area (Å²) in [5.74, 6) is 0.438. The Labute approximate surface area is 159 Å². The van der Waals surface area contributed by atoms with Crippen LogP contribution >= 0.6 is 27.7 Å². The Bertz CT molecular complexity index is 894. The first-order valence-electron chi connectivity index (χ1n) is 7.76. The summed E-state index contributed by atoms with van der Waals surface area (Å²) in [4.78, 5) is 14.6. The van der Waals surface area contributed by atoms with Gasteiger partial charge in [-0.15, -0.1) is 0 Å². The van der Waals surface area contributed by atoms with Crippen LogP contribution in [-0.4, -0.2) is 22.3 Å². The highest BCUT2D eigenvalue weighted by Crippen LogP contribution is 2.32. The molecule has 0 spiro atoms. The first-order valence-corrected chi connectivity index (χ1v) is 9.37. The molecule has 1 heterocycles. The van der Waals surface area contributed by atoms with E-state index >= 15 is 0 Å². The molecule has 0 saturated heterocycles. The third-order valence-electron chi connectivity index (χ3n) is 3.61. The van der Waals surface area contributed by atoms with E-state index in [2.05, 4.69) is 21.0 Å². The highest BCUT2D eigenvalue weighted by Gasteiger charge is 2.18. The molecule has 1 aromatic heterocycles. The summed E-state index contributed by atoms with van der Waals surface area (Å²) in [6.45, 7) is 3.75. The number of nitrogens with zero attached hydrogens (tertiary/aromatic N) is 2. The van der Waals surface area contributed by atoms with Gasteiger partial charge in [-0.2, -0.15) is 5.10 Å². The molecule has 0 atom stereocenters. The largest absolute Gasteiger partial charge is 0.483 e. The van der Waals surface area contributed by atoms with Crippen molar-refractivity contribution in [2.45, 2.75) is 23.6 Å². The molecule has 0 saturated carbocycles. The number of para-hydroxylation sites is 1. The molecule has 0 aliphatic rings. The van der Waals surface area contributed by atoms with E-state index < -0.39 is 0 Å². The molecule has 128 valence electrons. The van der Waals surface area contributed by atoms with Crippen molar-refractivity contribution in [3.63, 3.8) is 0 Å². The second-order valence-corrected chi connectivity index (χ2v) is 7.38. The number of carbonyl (C=O) groups is 1. The maximum absolute atomic E-state index is 12.5. The van der Waals surface area contributed by atoms with Crippen LogP contribution in [0.4, 0.5) is 0 Å². The molecule has 0 aliphatic carbocycles. The monoisotopic (exact) mass is 416 g/mol. The van der Waals surface area contributed by atoms with Crippen LogP contribution in [0.15, 0.2) is 68.9 Å². The van der Waals surface area contributed by atoms with Crippen LogP contribution in [0.2, 0.25) is 0 Å². The summed E-state index contributed by atoms with van der Waals surface area (Å²) < 4.78 is 7.86. The fourth-order valence-electron chi connectivity index (χ4n) is 2.39. The third-order valence-corrected chi connectivity index (χ3v) is 5.57. The lowest BCUT2D eigenvalue weighted by Crippen LogP contribution is -2.21. The van der Waals surface area contributed by atoms with Gasteiger partial charge in [-0.25, -0.2) is 4.68 Å². The van der Waals surface area contributed by atoms with Crippen molar-refractivity contribution in [3.8, 4) is 5.75 Å². The van der Waals surface area contributed by atoms with Gasteiger partial charge in [-0.05, 0) is 54.0 Å². The van der Waals surface area contributed by atoms with Crippen molar-refractivity contribution < 1.29 is 9.53 Å². The average molecular weight is 417 g/mol. The lowest BCUT2D eigenvalue weighted by molar-refractivity contribution is 0.0817.